The first kappa shape index (κ1) is 24.0. The summed E-state index contributed by atoms with van der Waals surface area (Å²) < 4.78 is 18.1. The molecule has 0 radical (unpaired) electrons. The maximum absolute atomic E-state index is 13.6. The number of hydrogen-bond donors (Lipinski definition) is 0. The summed E-state index contributed by atoms with van der Waals surface area (Å²) in [6.07, 6.45) is 1.74. The Labute approximate surface area is 205 Å². The quantitative estimate of drug-likeness (QED) is 0.473. The van der Waals surface area contributed by atoms with E-state index in [1.165, 1.54) is 18.4 Å². The summed E-state index contributed by atoms with van der Waals surface area (Å²) in [6, 6.07) is 15.8. The number of rotatable bonds is 7. The number of methoxy groups -OCH3 is 1. The summed E-state index contributed by atoms with van der Waals surface area (Å²) in [5, 5.41) is 8.76. The number of benzene rings is 2. The summed E-state index contributed by atoms with van der Waals surface area (Å²) in [5.74, 6) is 0.394. The van der Waals surface area contributed by atoms with E-state index < -0.39 is 12.0 Å². The number of aromatic nitrogens is 1. The van der Waals surface area contributed by atoms with Gasteiger partial charge in [0.1, 0.15) is 6.07 Å². The molecule has 0 amide bonds. The van der Waals surface area contributed by atoms with Gasteiger partial charge in [-0.05, 0) is 43.2 Å². The zero-order chi connectivity index (χ0) is 24.9. The molecule has 0 bridgehead atoms. The van der Waals surface area contributed by atoms with Crippen molar-refractivity contribution in [2.75, 3.05) is 20.3 Å². The molecular weight excluding hydrogens is 466 g/mol. The fraction of sp³-hybridized carbons (Fsp3) is 0.231. The van der Waals surface area contributed by atoms with Gasteiger partial charge in [0.2, 0.25) is 0 Å². The topological polar surface area (TPSA) is 103 Å². The fourth-order valence-electron chi connectivity index (χ4n) is 3.90. The lowest BCUT2D eigenvalue weighted by molar-refractivity contribution is -0.139. The van der Waals surface area contributed by atoms with E-state index in [9.17, 15) is 9.59 Å². The second-order valence-corrected chi connectivity index (χ2v) is 8.58. The van der Waals surface area contributed by atoms with Crippen LogP contribution in [-0.2, 0) is 9.53 Å². The van der Waals surface area contributed by atoms with Gasteiger partial charge in [-0.2, -0.15) is 5.26 Å². The SMILES string of the molecule is CCOC(=O)C1=C(C)N=c2s/c(=C\c3ccc(OCC#N)c(OC)c3)c(=O)n2[C@H]1c1ccccc1. The normalized spacial score (nSPS) is 15.1. The summed E-state index contributed by atoms with van der Waals surface area (Å²) in [6.45, 7) is 3.61. The van der Waals surface area contributed by atoms with Gasteiger partial charge in [-0.1, -0.05) is 47.7 Å². The monoisotopic (exact) mass is 489 g/mol. The molecule has 2 aromatic carbocycles. The molecule has 0 fully saturated rings. The van der Waals surface area contributed by atoms with E-state index in [0.717, 1.165) is 5.56 Å². The van der Waals surface area contributed by atoms with E-state index >= 15 is 0 Å². The molecule has 0 saturated carbocycles. The average Bonchev–Trinajstić information content (AvgIpc) is 3.17. The molecule has 0 unspecified atom stereocenters. The van der Waals surface area contributed by atoms with Crippen LogP contribution in [0.4, 0.5) is 0 Å². The molecule has 0 saturated heterocycles. The maximum Gasteiger partial charge on any atom is 0.338 e. The Kier molecular flexibility index (Phi) is 7.13. The lowest BCUT2D eigenvalue weighted by atomic mass is 9.96. The first-order valence-electron chi connectivity index (χ1n) is 10.9. The number of thiazole rings is 1. The predicted octanol–water partition coefficient (Wildman–Crippen LogP) is 2.71. The van der Waals surface area contributed by atoms with Crippen LogP contribution in [0.15, 0.2) is 69.6 Å². The number of nitrogens with zero attached hydrogens (tertiary/aromatic N) is 3. The van der Waals surface area contributed by atoms with Crippen LogP contribution >= 0.6 is 11.3 Å². The molecule has 1 aromatic heterocycles. The van der Waals surface area contributed by atoms with Gasteiger partial charge in [-0.3, -0.25) is 9.36 Å². The van der Waals surface area contributed by atoms with E-state index in [0.29, 0.717) is 37.7 Å². The van der Waals surface area contributed by atoms with Gasteiger partial charge >= 0.3 is 5.97 Å². The Morgan fingerprint density at radius 2 is 2.00 bits per heavy atom. The number of allylic oxidation sites excluding steroid dienone is 1. The third-order valence-corrected chi connectivity index (χ3v) is 6.39. The van der Waals surface area contributed by atoms with Crippen LogP contribution in [0.3, 0.4) is 0 Å². The van der Waals surface area contributed by atoms with Crippen molar-refractivity contribution in [2.24, 2.45) is 4.99 Å². The highest BCUT2D eigenvalue weighted by Crippen LogP contribution is 2.31. The lowest BCUT2D eigenvalue weighted by Gasteiger charge is -2.24. The highest BCUT2D eigenvalue weighted by Gasteiger charge is 2.33. The minimum atomic E-state index is -0.648. The molecule has 4 rings (SSSR count). The van der Waals surface area contributed by atoms with Crippen molar-refractivity contribution in [3.05, 3.63) is 90.6 Å². The largest absolute Gasteiger partial charge is 0.493 e. The minimum absolute atomic E-state index is 0.101. The molecule has 0 N–H and O–H groups in total. The first-order chi connectivity index (χ1) is 17.0. The molecule has 1 aliphatic rings. The van der Waals surface area contributed by atoms with Crippen LogP contribution < -0.4 is 24.4 Å². The molecule has 2 heterocycles. The Morgan fingerprint density at radius 3 is 2.69 bits per heavy atom. The number of esters is 1. The van der Waals surface area contributed by atoms with Gasteiger partial charge in [0.15, 0.2) is 22.9 Å². The number of carbonyl (C=O) groups excluding carboxylic acids is 1. The first-order valence-corrected chi connectivity index (χ1v) is 11.7. The number of nitriles is 1. The molecule has 35 heavy (non-hydrogen) atoms. The second-order valence-electron chi connectivity index (χ2n) is 7.57. The van der Waals surface area contributed by atoms with Gasteiger partial charge < -0.3 is 14.2 Å². The van der Waals surface area contributed by atoms with Gasteiger partial charge in [0.25, 0.3) is 5.56 Å². The Morgan fingerprint density at radius 1 is 1.23 bits per heavy atom. The van der Waals surface area contributed by atoms with Gasteiger partial charge in [0, 0.05) is 0 Å². The highest BCUT2D eigenvalue weighted by atomic mass is 32.1. The van der Waals surface area contributed by atoms with Gasteiger partial charge in [-0.15, -0.1) is 0 Å². The van der Waals surface area contributed by atoms with Gasteiger partial charge in [0.05, 0.1) is 35.6 Å². The van der Waals surface area contributed by atoms with Crippen LogP contribution in [0, 0.1) is 11.3 Å². The third kappa shape index (κ3) is 4.74. The number of hydrogen-bond acceptors (Lipinski definition) is 8. The molecule has 3 aromatic rings. The van der Waals surface area contributed by atoms with Crippen LogP contribution in [0.5, 0.6) is 11.5 Å². The summed E-state index contributed by atoms with van der Waals surface area (Å²) in [7, 11) is 1.51. The highest BCUT2D eigenvalue weighted by molar-refractivity contribution is 7.07. The Balaban J connectivity index is 1.87. The standard InChI is InChI=1S/C26H23N3O5S/c1-4-33-25(31)22-16(2)28-26-29(23(22)18-8-6-5-7-9-18)24(30)21(35-26)15-17-10-11-19(34-13-12-27)20(14-17)32-3/h5-11,14-15,23H,4,13H2,1-3H3/b21-15-/t23-/m0/s1. The van der Waals surface area contributed by atoms with Gasteiger partial charge in [-0.25, -0.2) is 9.79 Å². The lowest BCUT2D eigenvalue weighted by Crippen LogP contribution is -2.39. The number of carbonyl (C=O) groups is 1. The minimum Gasteiger partial charge on any atom is -0.493 e. The van der Waals surface area contributed by atoms with Crippen LogP contribution in [0.1, 0.15) is 31.0 Å². The van der Waals surface area contributed by atoms with Crippen molar-refractivity contribution in [3.8, 4) is 17.6 Å². The Hall–Kier alpha value is -4.16. The van der Waals surface area contributed by atoms with Crippen molar-refractivity contribution < 1.29 is 19.0 Å². The number of ether oxygens (including phenoxy) is 3. The molecule has 1 atom stereocenters. The molecule has 9 heteroatoms. The average molecular weight is 490 g/mol. The zero-order valence-corrected chi connectivity index (χ0v) is 20.3. The van der Waals surface area contributed by atoms with E-state index in [-0.39, 0.29) is 18.8 Å². The predicted molar refractivity (Wildman–Crippen MR) is 131 cm³/mol. The molecule has 178 valence electrons. The van der Waals surface area contributed by atoms with Crippen LogP contribution in [-0.4, -0.2) is 30.9 Å². The van der Waals surface area contributed by atoms with Crippen molar-refractivity contribution in [1.82, 2.24) is 4.57 Å². The van der Waals surface area contributed by atoms with Crippen molar-refractivity contribution in [1.29, 1.82) is 5.26 Å². The Bertz CT molecular complexity index is 1510. The van der Waals surface area contributed by atoms with Crippen molar-refractivity contribution in [3.63, 3.8) is 0 Å². The molecule has 1 aliphatic heterocycles. The van der Waals surface area contributed by atoms with Crippen molar-refractivity contribution >= 4 is 23.4 Å². The molecule has 0 aliphatic carbocycles. The number of fused-ring (bicyclic) bond motifs is 1. The maximum atomic E-state index is 13.6. The molecule has 0 spiro atoms. The second kappa shape index (κ2) is 10.4. The van der Waals surface area contributed by atoms with Crippen molar-refractivity contribution in [2.45, 2.75) is 19.9 Å². The summed E-state index contributed by atoms with van der Waals surface area (Å²) in [4.78, 5) is 31.6. The fourth-order valence-corrected chi connectivity index (χ4v) is 4.94. The van der Waals surface area contributed by atoms with E-state index in [1.54, 1.807) is 42.7 Å². The van der Waals surface area contributed by atoms with E-state index in [4.69, 9.17) is 19.5 Å². The zero-order valence-electron chi connectivity index (χ0n) is 19.5. The smallest absolute Gasteiger partial charge is 0.338 e. The third-order valence-electron chi connectivity index (χ3n) is 5.41. The molecule has 8 nitrogen and oxygen atoms in total. The molecular formula is C26H23N3O5S. The van der Waals surface area contributed by atoms with Crippen LogP contribution in [0.25, 0.3) is 6.08 Å². The van der Waals surface area contributed by atoms with Crippen LogP contribution in [0.2, 0.25) is 0 Å². The van der Waals surface area contributed by atoms with E-state index in [1.807, 2.05) is 36.4 Å². The van der Waals surface area contributed by atoms with E-state index in [2.05, 4.69) is 4.99 Å². The summed E-state index contributed by atoms with van der Waals surface area (Å²) >= 11 is 1.24. The summed E-state index contributed by atoms with van der Waals surface area (Å²) in [5.41, 5.74) is 2.11.